The topological polar surface area (TPSA) is 38.3 Å². The van der Waals surface area contributed by atoms with E-state index in [2.05, 4.69) is 12.2 Å². The minimum Gasteiger partial charge on any atom is -0.494 e. The zero-order valence-corrected chi connectivity index (χ0v) is 11.7. The maximum absolute atomic E-state index is 11.8. The molecular formula is C15H17NO2S. The van der Waals surface area contributed by atoms with Crippen molar-refractivity contribution in [2.24, 2.45) is 0 Å². The Labute approximate surface area is 117 Å². The molecule has 0 aliphatic rings. The quantitative estimate of drug-likeness (QED) is 0.803. The molecule has 19 heavy (non-hydrogen) atoms. The van der Waals surface area contributed by atoms with Crippen molar-refractivity contribution in [1.82, 2.24) is 0 Å². The Morgan fingerprint density at radius 3 is 2.68 bits per heavy atom. The highest BCUT2D eigenvalue weighted by Crippen LogP contribution is 2.17. The maximum Gasteiger partial charge on any atom is 0.265 e. The van der Waals surface area contributed by atoms with E-state index in [9.17, 15) is 4.79 Å². The molecule has 1 heterocycles. The van der Waals surface area contributed by atoms with Crippen molar-refractivity contribution >= 4 is 22.9 Å². The van der Waals surface area contributed by atoms with Crippen molar-refractivity contribution in [3.8, 4) is 5.75 Å². The van der Waals surface area contributed by atoms with Gasteiger partial charge in [0.25, 0.3) is 5.91 Å². The zero-order valence-electron chi connectivity index (χ0n) is 10.9. The third-order valence-corrected chi connectivity index (χ3v) is 3.49. The number of ether oxygens (including phenoxy) is 1. The van der Waals surface area contributed by atoms with E-state index in [0.717, 1.165) is 30.9 Å². The van der Waals surface area contributed by atoms with Crippen LogP contribution in [0.15, 0.2) is 41.8 Å². The molecule has 0 fully saturated rings. The van der Waals surface area contributed by atoms with Gasteiger partial charge in [0.1, 0.15) is 5.75 Å². The molecule has 2 aromatic rings. The van der Waals surface area contributed by atoms with Gasteiger partial charge in [0, 0.05) is 5.69 Å². The molecule has 1 N–H and O–H groups in total. The summed E-state index contributed by atoms with van der Waals surface area (Å²) in [5.74, 6) is 0.761. The number of nitrogens with one attached hydrogen (secondary N) is 1. The van der Waals surface area contributed by atoms with Crippen molar-refractivity contribution in [3.05, 3.63) is 46.7 Å². The molecule has 0 atom stereocenters. The highest BCUT2D eigenvalue weighted by Gasteiger charge is 2.06. The van der Waals surface area contributed by atoms with Crippen LogP contribution in [-0.4, -0.2) is 12.5 Å². The second-order valence-electron chi connectivity index (χ2n) is 4.16. The Morgan fingerprint density at radius 1 is 1.26 bits per heavy atom. The summed E-state index contributed by atoms with van der Waals surface area (Å²) in [5.41, 5.74) is 0.779. The number of benzene rings is 1. The smallest absolute Gasteiger partial charge is 0.265 e. The van der Waals surface area contributed by atoms with Crippen LogP contribution in [0.1, 0.15) is 29.4 Å². The van der Waals surface area contributed by atoms with Gasteiger partial charge < -0.3 is 10.1 Å². The van der Waals surface area contributed by atoms with Crippen molar-refractivity contribution in [3.63, 3.8) is 0 Å². The van der Waals surface area contributed by atoms with Crippen molar-refractivity contribution in [2.75, 3.05) is 11.9 Å². The normalized spacial score (nSPS) is 10.2. The molecule has 3 nitrogen and oxygen atoms in total. The number of carbonyl (C=O) groups is 1. The predicted octanol–water partition coefficient (Wildman–Crippen LogP) is 4.18. The third kappa shape index (κ3) is 4.10. The molecule has 1 aromatic carbocycles. The first-order valence-corrected chi connectivity index (χ1v) is 7.25. The summed E-state index contributed by atoms with van der Waals surface area (Å²) < 4.78 is 5.57. The molecule has 0 saturated heterocycles. The van der Waals surface area contributed by atoms with Gasteiger partial charge in [0.15, 0.2) is 0 Å². The Hall–Kier alpha value is -1.81. The molecule has 0 radical (unpaired) electrons. The second-order valence-corrected chi connectivity index (χ2v) is 5.11. The molecule has 1 amide bonds. The number of carbonyl (C=O) groups excluding carboxylic acids is 1. The van der Waals surface area contributed by atoms with E-state index < -0.39 is 0 Å². The van der Waals surface area contributed by atoms with Crippen LogP contribution in [0.25, 0.3) is 0 Å². The fourth-order valence-electron chi connectivity index (χ4n) is 1.57. The van der Waals surface area contributed by atoms with Crippen molar-refractivity contribution in [2.45, 2.75) is 19.8 Å². The summed E-state index contributed by atoms with van der Waals surface area (Å²) >= 11 is 1.43. The number of unbranched alkanes of at least 4 members (excludes halogenated alkanes) is 1. The van der Waals surface area contributed by atoms with Crippen LogP contribution < -0.4 is 10.1 Å². The first-order valence-electron chi connectivity index (χ1n) is 6.37. The van der Waals surface area contributed by atoms with E-state index in [1.807, 2.05) is 41.8 Å². The van der Waals surface area contributed by atoms with Gasteiger partial charge in [0.05, 0.1) is 11.5 Å². The van der Waals surface area contributed by atoms with Gasteiger partial charge in [-0.25, -0.2) is 0 Å². The van der Waals surface area contributed by atoms with Crippen LogP contribution in [0.4, 0.5) is 5.69 Å². The van der Waals surface area contributed by atoms with Crippen LogP contribution in [-0.2, 0) is 0 Å². The molecule has 0 saturated carbocycles. The van der Waals surface area contributed by atoms with Gasteiger partial charge >= 0.3 is 0 Å². The summed E-state index contributed by atoms with van der Waals surface area (Å²) in [6.07, 6.45) is 2.17. The van der Waals surface area contributed by atoms with Crippen molar-refractivity contribution < 1.29 is 9.53 Å². The first-order chi connectivity index (χ1) is 9.29. The van der Waals surface area contributed by atoms with Crippen LogP contribution in [0.2, 0.25) is 0 Å². The summed E-state index contributed by atoms with van der Waals surface area (Å²) in [6, 6.07) is 11.1. The summed E-state index contributed by atoms with van der Waals surface area (Å²) in [7, 11) is 0. The van der Waals surface area contributed by atoms with E-state index in [0.29, 0.717) is 4.88 Å². The average Bonchev–Trinajstić information content (AvgIpc) is 2.95. The zero-order chi connectivity index (χ0) is 13.5. The van der Waals surface area contributed by atoms with E-state index in [1.165, 1.54) is 11.3 Å². The predicted molar refractivity (Wildman–Crippen MR) is 79.1 cm³/mol. The van der Waals surface area contributed by atoms with Crippen LogP contribution in [0.3, 0.4) is 0 Å². The number of hydrogen-bond donors (Lipinski definition) is 1. The number of thiophene rings is 1. The SMILES string of the molecule is CCCCOc1ccc(NC(=O)c2cccs2)cc1. The van der Waals surface area contributed by atoms with Gasteiger partial charge in [-0.1, -0.05) is 19.4 Å². The Morgan fingerprint density at radius 2 is 2.05 bits per heavy atom. The lowest BCUT2D eigenvalue weighted by atomic mass is 10.3. The summed E-state index contributed by atoms with van der Waals surface area (Å²) in [4.78, 5) is 12.6. The molecule has 100 valence electrons. The monoisotopic (exact) mass is 275 g/mol. The largest absolute Gasteiger partial charge is 0.494 e. The molecule has 0 aliphatic heterocycles. The van der Waals surface area contributed by atoms with Gasteiger partial charge in [-0.3, -0.25) is 4.79 Å². The van der Waals surface area contributed by atoms with E-state index >= 15 is 0 Å². The van der Waals surface area contributed by atoms with Crippen LogP contribution in [0, 0.1) is 0 Å². The standard InChI is InChI=1S/C15H17NO2S/c1-2-3-10-18-13-8-6-12(7-9-13)16-15(17)14-5-4-11-19-14/h4-9,11H,2-3,10H2,1H3,(H,16,17). The van der Waals surface area contributed by atoms with Crippen LogP contribution in [0.5, 0.6) is 5.75 Å². The van der Waals surface area contributed by atoms with E-state index in [-0.39, 0.29) is 5.91 Å². The Balaban J connectivity index is 1.90. The van der Waals surface area contributed by atoms with Gasteiger partial charge in [0.2, 0.25) is 0 Å². The van der Waals surface area contributed by atoms with E-state index in [4.69, 9.17) is 4.74 Å². The molecule has 0 bridgehead atoms. The molecular weight excluding hydrogens is 258 g/mol. The first kappa shape index (κ1) is 13.6. The third-order valence-electron chi connectivity index (χ3n) is 2.62. The van der Waals surface area contributed by atoms with Gasteiger partial charge in [-0.2, -0.15) is 0 Å². The van der Waals surface area contributed by atoms with Gasteiger partial charge in [-0.15, -0.1) is 11.3 Å². The fraction of sp³-hybridized carbons (Fsp3) is 0.267. The molecule has 4 heteroatoms. The maximum atomic E-state index is 11.8. The van der Waals surface area contributed by atoms with Gasteiger partial charge in [-0.05, 0) is 42.1 Å². The van der Waals surface area contributed by atoms with E-state index in [1.54, 1.807) is 0 Å². The summed E-state index contributed by atoms with van der Waals surface area (Å²) in [5, 5.41) is 4.74. The summed E-state index contributed by atoms with van der Waals surface area (Å²) in [6.45, 7) is 2.87. The second kappa shape index (κ2) is 6.95. The number of rotatable bonds is 6. The lowest BCUT2D eigenvalue weighted by Gasteiger charge is -2.07. The van der Waals surface area contributed by atoms with Crippen molar-refractivity contribution in [1.29, 1.82) is 0 Å². The lowest BCUT2D eigenvalue weighted by molar-refractivity contribution is 0.103. The Bertz CT molecular complexity index is 505. The fourth-order valence-corrected chi connectivity index (χ4v) is 2.19. The minimum absolute atomic E-state index is 0.0744. The average molecular weight is 275 g/mol. The molecule has 2 rings (SSSR count). The number of anilines is 1. The highest BCUT2D eigenvalue weighted by atomic mass is 32.1. The molecule has 0 spiro atoms. The number of hydrogen-bond acceptors (Lipinski definition) is 3. The Kier molecular flexibility index (Phi) is 4.98. The highest BCUT2D eigenvalue weighted by molar-refractivity contribution is 7.12. The molecule has 0 unspecified atom stereocenters. The molecule has 1 aromatic heterocycles. The minimum atomic E-state index is -0.0744. The molecule has 0 aliphatic carbocycles. The lowest BCUT2D eigenvalue weighted by Crippen LogP contribution is -2.09. The van der Waals surface area contributed by atoms with Crippen LogP contribution >= 0.6 is 11.3 Å². The number of amides is 1.